The van der Waals surface area contributed by atoms with E-state index in [1.54, 1.807) is 25.7 Å². The number of ether oxygens (including phenoxy) is 1. The number of rotatable bonds is 11. The van der Waals surface area contributed by atoms with Gasteiger partial charge in [0.25, 0.3) is 0 Å². The monoisotopic (exact) mass is 569 g/mol. The first-order valence-corrected chi connectivity index (χ1v) is 14.8. The number of nitrogens with zero attached hydrogens (tertiary/aromatic N) is 1. The molecule has 4 unspecified atom stereocenters. The van der Waals surface area contributed by atoms with Gasteiger partial charge in [-0.1, -0.05) is 98.8 Å². The summed E-state index contributed by atoms with van der Waals surface area (Å²) in [4.78, 5) is 43.3. The molecule has 0 saturated heterocycles. The van der Waals surface area contributed by atoms with Gasteiger partial charge < -0.3 is 20.3 Å². The lowest BCUT2D eigenvalue weighted by atomic mass is 9.98. The van der Waals surface area contributed by atoms with Crippen molar-refractivity contribution >= 4 is 17.9 Å². The maximum absolute atomic E-state index is 14.6. The lowest BCUT2D eigenvalue weighted by Gasteiger charge is -2.35. The minimum atomic E-state index is -0.922. The Hall–Kier alpha value is -4.13. The zero-order valence-corrected chi connectivity index (χ0v) is 25.3. The maximum Gasteiger partial charge on any atom is 0.408 e. The van der Waals surface area contributed by atoms with Crippen LogP contribution in [0, 0.1) is 5.92 Å². The van der Waals surface area contributed by atoms with Gasteiger partial charge in [0.2, 0.25) is 11.8 Å². The van der Waals surface area contributed by atoms with E-state index in [-0.39, 0.29) is 30.2 Å². The van der Waals surface area contributed by atoms with Gasteiger partial charge in [-0.05, 0) is 61.8 Å². The summed E-state index contributed by atoms with van der Waals surface area (Å²) in [5.74, 6) is -0.336. The van der Waals surface area contributed by atoms with Gasteiger partial charge in [-0.15, -0.1) is 0 Å². The molecule has 2 N–H and O–H groups in total. The summed E-state index contributed by atoms with van der Waals surface area (Å²) in [5, 5.41) is 5.91. The molecular weight excluding hydrogens is 526 g/mol. The van der Waals surface area contributed by atoms with Crippen LogP contribution in [0.5, 0.6) is 0 Å². The van der Waals surface area contributed by atoms with Gasteiger partial charge in [-0.3, -0.25) is 9.59 Å². The van der Waals surface area contributed by atoms with Crippen LogP contribution in [0.3, 0.4) is 0 Å². The van der Waals surface area contributed by atoms with E-state index in [4.69, 9.17) is 4.74 Å². The van der Waals surface area contributed by atoms with Crippen molar-refractivity contribution < 1.29 is 19.1 Å². The first-order valence-electron chi connectivity index (χ1n) is 14.8. The number of carbonyl (C=O) groups is 3. The summed E-state index contributed by atoms with van der Waals surface area (Å²) >= 11 is 0. The Morgan fingerprint density at radius 3 is 1.98 bits per heavy atom. The molecule has 3 aromatic rings. The molecule has 1 aliphatic rings. The van der Waals surface area contributed by atoms with E-state index >= 15 is 0 Å². The Bertz CT molecular complexity index is 1340. The third-order valence-corrected chi connectivity index (χ3v) is 7.49. The van der Waals surface area contributed by atoms with E-state index in [1.807, 2.05) is 84.9 Å². The summed E-state index contributed by atoms with van der Waals surface area (Å²) < 4.78 is 5.54. The smallest absolute Gasteiger partial charge is 0.408 e. The molecule has 42 heavy (non-hydrogen) atoms. The quantitative estimate of drug-likeness (QED) is 0.297. The molecule has 0 radical (unpaired) electrons. The number of nitrogens with one attached hydrogen (secondary N) is 2. The van der Waals surface area contributed by atoms with Crippen LogP contribution < -0.4 is 10.6 Å². The van der Waals surface area contributed by atoms with Crippen LogP contribution in [0.25, 0.3) is 0 Å². The highest BCUT2D eigenvalue weighted by atomic mass is 16.6. The number of hydrogen-bond acceptors (Lipinski definition) is 4. The Kier molecular flexibility index (Phi) is 10.0. The predicted molar refractivity (Wildman–Crippen MR) is 165 cm³/mol. The third kappa shape index (κ3) is 8.44. The second-order valence-electron chi connectivity index (χ2n) is 12.1. The van der Waals surface area contributed by atoms with Crippen molar-refractivity contribution in [3.8, 4) is 0 Å². The van der Waals surface area contributed by atoms with Crippen molar-refractivity contribution in [1.82, 2.24) is 15.5 Å². The van der Waals surface area contributed by atoms with Crippen molar-refractivity contribution in [3.63, 3.8) is 0 Å². The molecule has 0 aliphatic heterocycles. The molecule has 4 rings (SSSR count). The number of carbonyl (C=O) groups excluding carboxylic acids is 3. The molecule has 7 heteroatoms. The molecule has 222 valence electrons. The Balaban J connectivity index is 1.70. The van der Waals surface area contributed by atoms with Crippen molar-refractivity contribution in [2.24, 2.45) is 5.92 Å². The van der Waals surface area contributed by atoms with E-state index < -0.39 is 23.8 Å². The number of alkyl carbamates (subject to hydrolysis) is 1. The van der Waals surface area contributed by atoms with Crippen molar-refractivity contribution in [3.05, 3.63) is 107 Å². The van der Waals surface area contributed by atoms with E-state index in [1.165, 1.54) is 0 Å². The zero-order valence-electron chi connectivity index (χ0n) is 25.3. The number of amides is 3. The summed E-state index contributed by atoms with van der Waals surface area (Å²) in [6, 6.07) is 25.2. The fourth-order valence-electron chi connectivity index (χ4n) is 5.11. The second-order valence-corrected chi connectivity index (χ2v) is 12.1. The highest BCUT2D eigenvalue weighted by molar-refractivity contribution is 5.92. The topological polar surface area (TPSA) is 87.7 Å². The van der Waals surface area contributed by atoms with Crippen LogP contribution in [0.4, 0.5) is 4.79 Å². The van der Waals surface area contributed by atoms with E-state index in [0.29, 0.717) is 6.54 Å². The molecule has 0 heterocycles. The van der Waals surface area contributed by atoms with Crippen LogP contribution in [-0.2, 0) is 33.7 Å². The van der Waals surface area contributed by atoms with Gasteiger partial charge in [0, 0.05) is 19.0 Å². The summed E-state index contributed by atoms with van der Waals surface area (Å²) in [7, 11) is 0. The average Bonchev–Trinajstić information content (AvgIpc) is 3.69. The Morgan fingerprint density at radius 2 is 1.45 bits per heavy atom. The SMILES string of the molecule is CCc1ccc(C(C(=O)NCc2ccccc2)N(C(=O)C(Cc2ccccc2)NC(=O)OC(C)(C)C)C2CC2C)cc1. The van der Waals surface area contributed by atoms with Crippen molar-refractivity contribution in [1.29, 1.82) is 0 Å². The molecule has 1 aliphatic carbocycles. The minimum Gasteiger partial charge on any atom is -0.444 e. The molecule has 4 atom stereocenters. The highest BCUT2D eigenvalue weighted by Gasteiger charge is 2.48. The van der Waals surface area contributed by atoms with Crippen molar-refractivity contribution in [2.75, 3.05) is 0 Å². The number of benzene rings is 3. The Morgan fingerprint density at radius 1 is 0.881 bits per heavy atom. The largest absolute Gasteiger partial charge is 0.444 e. The average molecular weight is 570 g/mol. The highest BCUT2D eigenvalue weighted by Crippen LogP contribution is 2.41. The zero-order chi connectivity index (χ0) is 30.3. The molecule has 3 aromatic carbocycles. The first-order chi connectivity index (χ1) is 20.1. The molecule has 3 amide bonds. The van der Waals surface area contributed by atoms with Crippen molar-refractivity contribution in [2.45, 2.75) is 84.2 Å². The molecular formula is C35H43N3O4. The summed E-state index contributed by atoms with van der Waals surface area (Å²) in [6.45, 7) is 9.85. The van der Waals surface area contributed by atoms with Crippen LogP contribution >= 0.6 is 0 Å². The van der Waals surface area contributed by atoms with Gasteiger partial charge in [0.1, 0.15) is 17.7 Å². The van der Waals surface area contributed by atoms with Gasteiger partial charge in [0.05, 0.1) is 0 Å². The standard InChI is InChI=1S/C35H43N3O4/c1-6-25-17-19-28(20-18-25)31(32(39)36-23-27-15-11-8-12-16-27)38(30-21-24(30)2)33(40)29(22-26-13-9-7-10-14-26)37-34(41)42-35(3,4)5/h7-20,24,29-31H,6,21-23H2,1-5H3,(H,36,39)(H,37,41). The fraction of sp³-hybridized carbons (Fsp3) is 0.400. The fourth-order valence-corrected chi connectivity index (χ4v) is 5.11. The molecule has 1 saturated carbocycles. The number of hydrogen-bond donors (Lipinski definition) is 2. The van der Waals surface area contributed by atoms with Crippen LogP contribution in [0.2, 0.25) is 0 Å². The molecule has 1 fully saturated rings. The van der Waals surface area contributed by atoms with Gasteiger partial charge in [0.15, 0.2) is 0 Å². The molecule has 0 aromatic heterocycles. The van der Waals surface area contributed by atoms with Crippen LogP contribution in [-0.4, -0.2) is 40.5 Å². The normalized spacial score (nSPS) is 17.5. The lowest BCUT2D eigenvalue weighted by Crippen LogP contribution is -2.54. The maximum atomic E-state index is 14.6. The summed E-state index contributed by atoms with van der Waals surface area (Å²) in [5.41, 5.74) is 3.02. The van der Waals surface area contributed by atoms with E-state index in [2.05, 4.69) is 24.5 Å². The molecule has 7 nitrogen and oxygen atoms in total. The summed E-state index contributed by atoms with van der Waals surface area (Å²) in [6.07, 6.45) is 1.25. The molecule has 0 bridgehead atoms. The first kappa shape index (κ1) is 30.8. The lowest BCUT2D eigenvalue weighted by molar-refractivity contribution is -0.143. The second kappa shape index (κ2) is 13.7. The van der Waals surface area contributed by atoms with E-state index in [0.717, 1.165) is 35.1 Å². The predicted octanol–water partition coefficient (Wildman–Crippen LogP) is 5.98. The van der Waals surface area contributed by atoms with Gasteiger partial charge in [-0.25, -0.2) is 4.79 Å². The van der Waals surface area contributed by atoms with E-state index in [9.17, 15) is 14.4 Å². The Labute approximate surface area is 249 Å². The van der Waals surface area contributed by atoms with Crippen LogP contribution in [0.1, 0.15) is 69.3 Å². The third-order valence-electron chi connectivity index (χ3n) is 7.49. The van der Waals surface area contributed by atoms with Gasteiger partial charge in [-0.2, -0.15) is 0 Å². The number of aryl methyl sites for hydroxylation is 1. The van der Waals surface area contributed by atoms with Crippen LogP contribution in [0.15, 0.2) is 84.9 Å². The van der Waals surface area contributed by atoms with Gasteiger partial charge >= 0.3 is 6.09 Å². The molecule has 0 spiro atoms. The minimum absolute atomic E-state index is 0.130.